The molecule has 0 aromatic heterocycles. The predicted octanol–water partition coefficient (Wildman–Crippen LogP) is 9.42. The average Bonchev–Trinajstić information content (AvgIpc) is 2.76. The number of hydrogen-bond donors (Lipinski definition) is 2. The van der Waals surface area contributed by atoms with Gasteiger partial charge in [0.1, 0.15) is 6.23 Å². The van der Waals surface area contributed by atoms with Crippen molar-refractivity contribution in [1.29, 1.82) is 0 Å². The number of unbranched alkanes of at least 4 members (excludes halogenated alkanes) is 21. The van der Waals surface area contributed by atoms with Crippen molar-refractivity contribution in [2.24, 2.45) is 0 Å². The first-order valence-electron chi connectivity index (χ1n) is 13.9. The third-order valence-corrected chi connectivity index (χ3v) is 6.27. The zero-order chi connectivity index (χ0) is 22.0. The molecule has 0 aromatic carbocycles. The summed E-state index contributed by atoms with van der Waals surface area (Å²) in [5.41, 5.74) is 0. The lowest BCUT2D eigenvalue weighted by atomic mass is 10.0. The molecule has 0 spiro atoms. The second-order valence-electron chi connectivity index (χ2n) is 9.35. The second kappa shape index (κ2) is 26.5. The molecule has 30 heavy (non-hydrogen) atoms. The Morgan fingerprint density at radius 2 is 0.867 bits per heavy atom. The molecule has 0 aliphatic rings. The van der Waals surface area contributed by atoms with Crippen molar-refractivity contribution in [3.63, 3.8) is 0 Å². The number of hydrogen-bond acceptors (Lipinski definition) is 2. The maximum atomic E-state index is 9.37. The van der Waals surface area contributed by atoms with Crippen LogP contribution in [-0.4, -0.2) is 11.3 Å². The number of rotatable bonds is 25. The Morgan fingerprint density at radius 1 is 0.533 bits per heavy atom. The van der Waals surface area contributed by atoms with E-state index in [1.54, 1.807) is 0 Å². The van der Waals surface area contributed by atoms with E-state index in [9.17, 15) is 5.11 Å². The Bertz CT molecular complexity index is 329. The molecule has 2 nitrogen and oxygen atoms in total. The van der Waals surface area contributed by atoms with Crippen molar-refractivity contribution in [1.82, 2.24) is 5.32 Å². The lowest BCUT2D eigenvalue weighted by molar-refractivity contribution is 0.149. The summed E-state index contributed by atoms with van der Waals surface area (Å²) >= 11 is 0. The molecule has 0 radical (unpaired) electrons. The topological polar surface area (TPSA) is 32.3 Å². The zero-order valence-electron chi connectivity index (χ0n) is 20.9. The van der Waals surface area contributed by atoms with Gasteiger partial charge in [0.15, 0.2) is 0 Å². The molecule has 1 unspecified atom stereocenters. The smallest absolute Gasteiger partial charge is 0.123 e. The first-order valence-corrected chi connectivity index (χ1v) is 13.9. The van der Waals surface area contributed by atoms with Crippen molar-refractivity contribution in [2.75, 3.05) is 0 Å². The number of aliphatic hydroxyl groups is 1. The molecule has 0 aliphatic carbocycles. The van der Waals surface area contributed by atoms with Crippen molar-refractivity contribution >= 4 is 0 Å². The summed E-state index contributed by atoms with van der Waals surface area (Å²) in [5, 5.41) is 12.3. The molecule has 0 fully saturated rings. The first kappa shape index (κ1) is 29.5. The fourth-order valence-corrected chi connectivity index (χ4v) is 4.07. The van der Waals surface area contributed by atoms with E-state index < -0.39 is 0 Å². The van der Waals surface area contributed by atoms with E-state index in [1.807, 2.05) is 13.1 Å². The van der Waals surface area contributed by atoms with Crippen LogP contribution in [0.5, 0.6) is 0 Å². The summed E-state index contributed by atoms with van der Waals surface area (Å²) in [7, 11) is 0. The molecule has 0 aliphatic heterocycles. The van der Waals surface area contributed by atoms with Crippen LogP contribution < -0.4 is 5.32 Å². The Labute approximate surface area is 190 Å². The molecule has 0 heterocycles. The van der Waals surface area contributed by atoms with Crippen molar-refractivity contribution in [3.05, 3.63) is 12.3 Å². The highest BCUT2D eigenvalue weighted by Crippen LogP contribution is 2.15. The van der Waals surface area contributed by atoms with Crippen LogP contribution in [0, 0.1) is 0 Å². The van der Waals surface area contributed by atoms with Gasteiger partial charge in [-0.3, -0.25) is 0 Å². The van der Waals surface area contributed by atoms with Gasteiger partial charge < -0.3 is 10.4 Å². The van der Waals surface area contributed by atoms with E-state index in [2.05, 4.69) is 18.3 Å². The lowest BCUT2D eigenvalue weighted by Crippen LogP contribution is -2.21. The Kier molecular flexibility index (Phi) is 26.1. The van der Waals surface area contributed by atoms with Crippen LogP contribution in [0.1, 0.15) is 162 Å². The van der Waals surface area contributed by atoms with E-state index in [1.165, 1.54) is 135 Å². The molecule has 180 valence electrons. The van der Waals surface area contributed by atoms with Crippen LogP contribution in [0.4, 0.5) is 0 Å². The van der Waals surface area contributed by atoms with E-state index in [0.29, 0.717) is 0 Å². The van der Waals surface area contributed by atoms with Gasteiger partial charge in [-0.25, -0.2) is 0 Å². The molecular formula is C28H57NO. The van der Waals surface area contributed by atoms with Crippen molar-refractivity contribution in [3.8, 4) is 0 Å². The Hall–Kier alpha value is -0.500. The van der Waals surface area contributed by atoms with Gasteiger partial charge >= 0.3 is 0 Å². The van der Waals surface area contributed by atoms with Gasteiger partial charge in [-0.05, 0) is 25.5 Å². The van der Waals surface area contributed by atoms with Crippen molar-refractivity contribution in [2.45, 2.75) is 168 Å². The summed E-state index contributed by atoms with van der Waals surface area (Å²) in [6, 6.07) is 0. The van der Waals surface area contributed by atoms with E-state index in [-0.39, 0.29) is 6.23 Å². The van der Waals surface area contributed by atoms with Crippen LogP contribution >= 0.6 is 0 Å². The van der Waals surface area contributed by atoms with Crippen LogP contribution in [0.2, 0.25) is 0 Å². The summed E-state index contributed by atoms with van der Waals surface area (Å²) in [5.74, 6) is 0. The largest absolute Gasteiger partial charge is 0.374 e. The minimum absolute atomic E-state index is 0.388. The minimum Gasteiger partial charge on any atom is -0.374 e. The number of allylic oxidation sites excluding steroid dienone is 1. The molecule has 0 saturated heterocycles. The highest BCUT2D eigenvalue weighted by molar-refractivity contribution is 4.79. The molecule has 0 aromatic rings. The average molecular weight is 424 g/mol. The number of nitrogens with one attached hydrogen (secondary N) is 1. The lowest BCUT2D eigenvalue weighted by Gasteiger charge is -2.06. The molecule has 1 atom stereocenters. The molecule has 0 saturated carbocycles. The standard InChI is InChI=1S/C28H57NO/c1-3-5-6-7-8-9-10-11-12-13-14-15-16-17-18-19-20-21-22-23-24-25-26-27-29-28(30)4-2/h26-30H,3-25H2,1-2H3. The maximum Gasteiger partial charge on any atom is 0.123 e. The van der Waals surface area contributed by atoms with Gasteiger partial charge in [-0.2, -0.15) is 0 Å². The predicted molar refractivity (Wildman–Crippen MR) is 136 cm³/mol. The van der Waals surface area contributed by atoms with Gasteiger partial charge in [0.05, 0.1) is 0 Å². The highest BCUT2D eigenvalue weighted by atomic mass is 16.3. The van der Waals surface area contributed by atoms with E-state index >= 15 is 0 Å². The summed E-state index contributed by atoms with van der Waals surface area (Å²) in [6.45, 7) is 4.27. The van der Waals surface area contributed by atoms with Gasteiger partial charge in [0.2, 0.25) is 0 Å². The third-order valence-electron chi connectivity index (χ3n) is 6.27. The summed E-state index contributed by atoms with van der Waals surface area (Å²) in [6.07, 6.45) is 35.7. The zero-order valence-corrected chi connectivity index (χ0v) is 20.9. The molecule has 2 heteroatoms. The fraction of sp³-hybridized carbons (Fsp3) is 0.929. The molecule has 0 rings (SSSR count). The normalized spacial score (nSPS) is 12.6. The highest BCUT2D eigenvalue weighted by Gasteiger charge is 1.96. The quantitative estimate of drug-likeness (QED) is 0.113. The first-order chi connectivity index (χ1) is 14.8. The van der Waals surface area contributed by atoms with Gasteiger partial charge in [0.25, 0.3) is 0 Å². The molecular weight excluding hydrogens is 366 g/mol. The fourth-order valence-electron chi connectivity index (χ4n) is 4.07. The van der Waals surface area contributed by atoms with Crippen LogP contribution in [0.3, 0.4) is 0 Å². The van der Waals surface area contributed by atoms with E-state index in [4.69, 9.17) is 0 Å². The van der Waals surface area contributed by atoms with Crippen LogP contribution in [0.15, 0.2) is 12.3 Å². The molecule has 0 bridgehead atoms. The molecule has 0 amide bonds. The van der Waals surface area contributed by atoms with E-state index in [0.717, 1.165) is 12.8 Å². The maximum absolute atomic E-state index is 9.37. The summed E-state index contributed by atoms with van der Waals surface area (Å²) < 4.78 is 0. The minimum atomic E-state index is -0.388. The molecule has 2 N–H and O–H groups in total. The Morgan fingerprint density at radius 3 is 1.20 bits per heavy atom. The van der Waals surface area contributed by atoms with Crippen LogP contribution in [-0.2, 0) is 0 Å². The van der Waals surface area contributed by atoms with Gasteiger partial charge in [0, 0.05) is 0 Å². The second-order valence-corrected chi connectivity index (χ2v) is 9.35. The third kappa shape index (κ3) is 25.5. The Balaban J connectivity index is 3.05. The van der Waals surface area contributed by atoms with Gasteiger partial charge in [-0.1, -0.05) is 148 Å². The van der Waals surface area contributed by atoms with Gasteiger partial charge in [-0.15, -0.1) is 0 Å². The SMILES string of the molecule is CCCCCCCCCCCCCCCCCCCCCCCC=CNC(O)CC. The monoisotopic (exact) mass is 423 g/mol. The summed E-state index contributed by atoms with van der Waals surface area (Å²) in [4.78, 5) is 0. The van der Waals surface area contributed by atoms with Crippen molar-refractivity contribution < 1.29 is 5.11 Å². The van der Waals surface area contributed by atoms with Crippen LogP contribution in [0.25, 0.3) is 0 Å². The number of aliphatic hydroxyl groups excluding tert-OH is 1.